The van der Waals surface area contributed by atoms with Gasteiger partial charge in [0.2, 0.25) is 10.0 Å². The molecule has 33 heavy (non-hydrogen) atoms. The Balaban J connectivity index is 1.54. The van der Waals surface area contributed by atoms with Crippen LogP contribution in [0, 0.1) is 0 Å². The third-order valence-electron chi connectivity index (χ3n) is 5.98. The van der Waals surface area contributed by atoms with E-state index in [-0.39, 0.29) is 11.9 Å². The summed E-state index contributed by atoms with van der Waals surface area (Å²) in [5, 5.41) is 0. The number of carbonyl (C=O) groups excluding carboxylic acids is 1. The van der Waals surface area contributed by atoms with Crippen molar-refractivity contribution in [3.8, 4) is 16.2 Å². The number of likely N-dealkylation sites (tertiary alicyclic amines) is 1. The first kappa shape index (κ1) is 23.5. The Labute approximate surface area is 199 Å². The molecule has 2 aromatic carbocycles. The Morgan fingerprint density at radius 1 is 1.06 bits per heavy atom. The van der Waals surface area contributed by atoms with Crippen molar-refractivity contribution in [3.63, 3.8) is 0 Å². The van der Waals surface area contributed by atoms with Crippen LogP contribution in [-0.2, 0) is 16.6 Å². The van der Waals surface area contributed by atoms with Crippen LogP contribution in [0.4, 0.5) is 0 Å². The molecule has 0 radical (unpaired) electrons. The Morgan fingerprint density at radius 3 is 2.27 bits per heavy atom. The van der Waals surface area contributed by atoms with Gasteiger partial charge in [-0.2, -0.15) is 0 Å². The SMILES string of the molecule is CN(C1CCN(C(=O)c2sc(-c3ccccc3)cc2OCc2ccccc2)CC1)S(C)(=O)=O. The van der Waals surface area contributed by atoms with Crippen molar-refractivity contribution in [2.75, 3.05) is 26.4 Å². The molecule has 0 bridgehead atoms. The highest BCUT2D eigenvalue weighted by Crippen LogP contribution is 2.38. The zero-order valence-corrected chi connectivity index (χ0v) is 20.4. The van der Waals surface area contributed by atoms with Gasteiger partial charge >= 0.3 is 0 Å². The summed E-state index contributed by atoms with van der Waals surface area (Å²) in [6, 6.07) is 21.7. The van der Waals surface area contributed by atoms with Gasteiger partial charge in [-0.3, -0.25) is 4.79 Å². The highest BCUT2D eigenvalue weighted by atomic mass is 32.2. The number of nitrogens with zero attached hydrogens (tertiary/aromatic N) is 2. The molecule has 3 aromatic rings. The fourth-order valence-corrected chi connectivity index (χ4v) is 5.78. The van der Waals surface area contributed by atoms with Gasteiger partial charge in [0.15, 0.2) is 0 Å². The lowest BCUT2D eigenvalue weighted by Crippen LogP contribution is -2.46. The van der Waals surface area contributed by atoms with Crippen molar-refractivity contribution >= 4 is 27.3 Å². The van der Waals surface area contributed by atoms with Crippen molar-refractivity contribution in [1.82, 2.24) is 9.21 Å². The fourth-order valence-electron chi connectivity index (χ4n) is 3.96. The second-order valence-electron chi connectivity index (χ2n) is 8.25. The van der Waals surface area contributed by atoms with E-state index in [1.807, 2.05) is 71.6 Å². The van der Waals surface area contributed by atoms with E-state index in [1.165, 1.54) is 21.9 Å². The van der Waals surface area contributed by atoms with Crippen molar-refractivity contribution in [2.45, 2.75) is 25.5 Å². The van der Waals surface area contributed by atoms with Crippen LogP contribution in [0.2, 0.25) is 0 Å². The smallest absolute Gasteiger partial charge is 0.267 e. The maximum absolute atomic E-state index is 13.5. The molecular formula is C25H28N2O4S2. The van der Waals surface area contributed by atoms with Crippen LogP contribution in [0.5, 0.6) is 5.75 Å². The Morgan fingerprint density at radius 2 is 1.67 bits per heavy atom. The molecule has 0 atom stereocenters. The highest BCUT2D eigenvalue weighted by Gasteiger charge is 2.31. The normalized spacial score (nSPS) is 15.1. The number of hydrogen-bond acceptors (Lipinski definition) is 5. The number of ether oxygens (including phenoxy) is 1. The first-order valence-electron chi connectivity index (χ1n) is 10.9. The van der Waals surface area contributed by atoms with Crippen molar-refractivity contribution in [2.24, 2.45) is 0 Å². The predicted molar refractivity (Wildman–Crippen MR) is 132 cm³/mol. The van der Waals surface area contributed by atoms with Gasteiger partial charge in [-0.05, 0) is 30.0 Å². The van der Waals surface area contributed by atoms with Crippen LogP contribution >= 0.6 is 11.3 Å². The summed E-state index contributed by atoms with van der Waals surface area (Å²) in [4.78, 5) is 16.8. The molecule has 1 aromatic heterocycles. The topological polar surface area (TPSA) is 66.9 Å². The highest BCUT2D eigenvalue weighted by molar-refractivity contribution is 7.88. The number of amides is 1. The summed E-state index contributed by atoms with van der Waals surface area (Å²) < 4.78 is 31.3. The van der Waals surface area contributed by atoms with Gasteiger partial charge in [0.05, 0.1) is 6.26 Å². The molecule has 6 nitrogen and oxygen atoms in total. The minimum absolute atomic E-state index is 0.0642. The summed E-state index contributed by atoms with van der Waals surface area (Å²) >= 11 is 1.44. The van der Waals surface area contributed by atoms with Crippen LogP contribution in [-0.4, -0.2) is 56.0 Å². The van der Waals surface area contributed by atoms with Gasteiger partial charge < -0.3 is 9.64 Å². The molecular weight excluding hydrogens is 456 g/mol. The molecule has 0 spiro atoms. The predicted octanol–water partition coefficient (Wildman–Crippen LogP) is 4.49. The summed E-state index contributed by atoms with van der Waals surface area (Å²) in [7, 11) is -1.64. The van der Waals surface area contributed by atoms with Gasteiger partial charge in [-0.1, -0.05) is 60.7 Å². The van der Waals surface area contributed by atoms with E-state index in [0.29, 0.717) is 43.2 Å². The van der Waals surface area contributed by atoms with E-state index < -0.39 is 10.0 Å². The third kappa shape index (κ3) is 5.63. The summed E-state index contributed by atoms with van der Waals surface area (Å²) in [5.41, 5.74) is 2.08. The minimum Gasteiger partial charge on any atom is -0.487 e. The average molecular weight is 485 g/mol. The zero-order valence-electron chi connectivity index (χ0n) is 18.8. The summed E-state index contributed by atoms with van der Waals surface area (Å²) in [6.45, 7) is 1.41. The van der Waals surface area contributed by atoms with Crippen LogP contribution in [0.1, 0.15) is 28.1 Å². The maximum atomic E-state index is 13.5. The molecule has 0 N–H and O–H groups in total. The number of benzene rings is 2. The summed E-state index contributed by atoms with van der Waals surface area (Å²) in [5.74, 6) is 0.522. The molecule has 0 unspecified atom stereocenters. The monoisotopic (exact) mass is 484 g/mol. The number of carbonyl (C=O) groups is 1. The number of rotatable bonds is 7. The Kier molecular flexibility index (Phi) is 7.17. The molecule has 4 rings (SSSR count). The summed E-state index contributed by atoms with van der Waals surface area (Å²) in [6.07, 6.45) is 2.45. The van der Waals surface area contributed by atoms with Crippen LogP contribution in [0.3, 0.4) is 0 Å². The first-order chi connectivity index (χ1) is 15.8. The first-order valence-corrected chi connectivity index (χ1v) is 13.6. The van der Waals surface area contributed by atoms with Crippen LogP contribution < -0.4 is 4.74 Å². The number of hydrogen-bond donors (Lipinski definition) is 0. The molecule has 1 aliphatic rings. The van der Waals surface area contributed by atoms with E-state index >= 15 is 0 Å². The van der Waals surface area contributed by atoms with Gasteiger partial charge in [-0.25, -0.2) is 12.7 Å². The van der Waals surface area contributed by atoms with E-state index in [0.717, 1.165) is 16.0 Å². The number of sulfonamides is 1. The standard InChI is InChI=1S/C25H28N2O4S2/c1-26(33(2,29)30)21-13-15-27(16-14-21)25(28)24-22(31-18-19-9-5-3-6-10-19)17-23(32-24)20-11-7-4-8-12-20/h3-12,17,21H,13-16,18H2,1-2H3. The molecule has 1 amide bonds. The molecule has 2 heterocycles. The zero-order chi connectivity index (χ0) is 23.4. The van der Waals surface area contributed by atoms with Gasteiger partial charge in [-0.15, -0.1) is 11.3 Å². The molecule has 1 saturated heterocycles. The van der Waals surface area contributed by atoms with Gasteiger partial charge in [0.25, 0.3) is 5.91 Å². The van der Waals surface area contributed by atoms with E-state index in [2.05, 4.69) is 0 Å². The lowest BCUT2D eigenvalue weighted by Gasteiger charge is -2.35. The number of thiophene rings is 1. The molecule has 174 valence electrons. The van der Waals surface area contributed by atoms with Crippen molar-refractivity contribution in [3.05, 3.63) is 77.2 Å². The van der Waals surface area contributed by atoms with Crippen LogP contribution in [0.15, 0.2) is 66.7 Å². The van der Waals surface area contributed by atoms with Crippen molar-refractivity contribution in [1.29, 1.82) is 0 Å². The second-order valence-corrected chi connectivity index (χ2v) is 11.3. The third-order valence-corrected chi connectivity index (χ3v) is 8.47. The maximum Gasteiger partial charge on any atom is 0.267 e. The molecule has 8 heteroatoms. The van der Waals surface area contributed by atoms with E-state index in [9.17, 15) is 13.2 Å². The second kappa shape index (κ2) is 10.1. The Hall–Kier alpha value is -2.68. The number of piperidine rings is 1. The van der Waals surface area contributed by atoms with Crippen LogP contribution in [0.25, 0.3) is 10.4 Å². The van der Waals surface area contributed by atoms with Gasteiger partial charge in [0, 0.05) is 31.1 Å². The minimum atomic E-state index is -3.25. The average Bonchev–Trinajstić information content (AvgIpc) is 3.27. The van der Waals surface area contributed by atoms with E-state index in [4.69, 9.17) is 4.74 Å². The van der Waals surface area contributed by atoms with Crippen molar-refractivity contribution < 1.29 is 17.9 Å². The lowest BCUT2D eigenvalue weighted by molar-refractivity contribution is 0.0687. The van der Waals surface area contributed by atoms with E-state index in [1.54, 1.807) is 7.05 Å². The molecule has 0 aliphatic carbocycles. The largest absolute Gasteiger partial charge is 0.487 e. The van der Waals surface area contributed by atoms with Gasteiger partial charge in [0.1, 0.15) is 17.2 Å². The fraction of sp³-hybridized carbons (Fsp3) is 0.320. The molecule has 1 aliphatic heterocycles. The molecule has 1 fully saturated rings. The lowest BCUT2D eigenvalue weighted by atomic mass is 10.1. The Bertz CT molecular complexity index is 1190. The molecule has 0 saturated carbocycles. The quantitative estimate of drug-likeness (QED) is 0.496.